The van der Waals surface area contributed by atoms with Crippen LogP contribution >= 0.6 is 0 Å². The fourth-order valence-corrected chi connectivity index (χ4v) is 4.16. The molecule has 1 fully saturated rings. The van der Waals surface area contributed by atoms with Gasteiger partial charge in [0.15, 0.2) is 5.84 Å². The van der Waals surface area contributed by atoms with E-state index in [1.807, 2.05) is 36.4 Å². The van der Waals surface area contributed by atoms with Crippen molar-refractivity contribution < 1.29 is 4.39 Å². The Morgan fingerprint density at radius 2 is 1.84 bits per heavy atom. The van der Waals surface area contributed by atoms with E-state index in [1.54, 1.807) is 6.07 Å². The minimum Gasteiger partial charge on any atom is -0.386 e. The number of H-pyrrole nitrogens is 1. The van der Waals surface area contributed by atoms with E-state index in [0.717, 1.165) is 46.0 Å². The molecule has 0 bridgehead atoms. The fourth-order valence-electron chi connectivity index (χ4n) is 4.16. The molecule has 0 amide bonds. The fraction of sp³-hybridized carbons (Fsp3) is 0.208. The molecular weight excluding hydrogens is 391 g/mol. The molecule has 1 aromatic heterocycles. The number of hydrogen-bond donors (Lipinski definition) is 3. The molecule has 7 heteroatoms. The van der Waals surface area contributed by atoms with Gasteiger partial charge in [0.25, 0.3) is 0 Å². The molecular formula is C24H23FN6. The Labute approximate surface area is 179 Å². The van der Waals surface area contributed by atoms with E-state index in [0.29, 0.717) is 17.9 Å². The molecule has 5 rings (SSSR count). The van der Waals surface area contributed by atoms with E-state index in [2.05, 4.69) is 20.1 Å². The van der Waals surface area contributed by atoms with Crippen LogP contribution in [-0.2, 0) is 0 Å². The second kappa shape index (κ2) is 7.92. The summed E-state index contributed by atoms with van der Waals surface area (Å²) in [6.45, 7) is 2.66. The van der Waals surface area contributed by atoms with Gasteiger partial charge < -0.3 is 5.73 Å². The number of rotatable bonds is 4. The van der Waals surface area contributed by atoms with Gasteiger partial charge in [-0.15, -0.1) is 0 Å². The van der Waals surface area contributed by atoms with Crippen molar-refractivity contribution >= 4 is 33.3 Å². The smallest absolute Gasteiger partial charge is 0.153 e. The molecule has 156 valence electrons. The molecule has 1 aliphatic rings. The number of halogens is 1. The van der Waals surface area contributed by atoms with Gasteiger partial charge in [-0.05, 0) is 73.1 Å². The standard InChI is InChI=1S/C24H23FN6/c25-19-7-5-15-11-17(4-3-16(15)12-19)23-20-13-18(6-8-21(20)29-30-23)24(27)28-22(26)14-31-9-1-2-10-31/h3-8,11-13H,1-2,9-10,14H2,(H,29,30)(H3,26,27,28). The van der Waals surface area contributed by atoms with Crippen LogP contribution in [-0.4, -0.2) is 46.4 Å². The zero-order valence-electron chi connectivity index (χ0n) is 17.0. The summed E-state index contributed by atoms with van der Waals surface area (Å²) >= 11 is 0. The monoisotopic (exact) mass is 414 g/mol. The van der Waals surface area contributed by atoms with Gasteiger partial charge in [-0.25, -0.2) is 9.38 Å². The average Bonchev–Trinajstić information content (AvgIpc) is 3.42. The third-order valence-electron chi connectivity index (χ3n) is 5.75. The number of aromatic amines is 1. The average molecular weight is 414 g/mol. The number of nitrogens with one attached hydrogen (secondary N) is 2. The first-order chi connectivity index (χ1) is 15.1. The highest BCUT2D eigenvalue weighted by Gasteiger charge is 2.14. The van der Waals surface area contributed by atoms with E-state index in [4.69, 9.17) is 11.1 Å². The maximum Gasteiger partial charge on any atom is 0.153 e. The lowest BCUT2D eigenvalue weighted by molar-refractivity contribution is 0.387. The van der Waals surface area contributed by atoms with Gasteiger partial charge >= 0.3 is 0 Å². The normalized spacial score (nSPS) is 15.2. The van der Waals surface area contributed by atoms with Crippen molar-refractivity contribution in [1.82, 2.24) is 15.1 Å². The van der Waals surface area contributed by atoms with Crippen LogP contribution in [0.15, 0.2) is 59.6 Å². The van der Waals surface area contributed by atoms with Gasteiger partial charge in [-0.1, -0.05) is 18.2 Å². The summed E-state index contributed by atoms with van der Waals surface area (Å²) < 4.78 is 13.5. The number of likely N-dealkylation sites (tertiary alicyclic amines) is 1. The first kappa shape index (κ1) is 19.4. The van der Waals surface area contributed by atoms with E-state index in [9.17, 15) is 4.39 Å². The molecule has 0 spiro atoms. The van der Waals surface area contributed by atoms with Gasteiger partial charge in [0.2, 0.25) is 0 Å². The van der Waals surface area contributed by atoms with Gasteiger partial charge in [-0.2, -0.15) is 5.10 Å². The first-order valence-corrected chi connectivity index (χ1v) is 10.4. The lowest BCUT2D eigenvalue weighted by atomic mass is 10.0. The van der Waals surface area contributed by atoms with Crippen LogP contribution in [0.5, 0.6) is 0 Å². The van der Waals surface area contributed by atoms with Crippen LogP contribution in [0.4, 0.5) is 4.39 Å². The number of fused-ring (bicyclic) bond motifs is 2. The lowest BCUT2D eigenvalue weighted by Crippen LogP contribution is -2.32. The second-order valence-corrected chi connectivity index (χ2v) is 7.97. The molecule has 0 saturated carbocycles. The third-order valence-corrected chi connectivity index (χ3v) is 5.75. The highest BCUT2D eigenvalue weighted by molar-refractivity contribution is 6.07. The summed E-state index contributed by atoms with van der Waals surface area (Å²) in [4.78, 5) is 6.58. The number of aliphatic imine (C=N–C) groups is 1. The van der Waals surface area contributed by atoms with Gasteiger partial charge in [0.1, 0.15) is 11.7 Å². The van der Waals surface area contributed by atoms with Crippen LogP contribution in [0.3, 0.4) is 0 Å². The predicted molar refractivity (Wildman–Crippen MR) is 123 cm³/mol. The maximum absolute atomic E-state index is 13.5. The van der Waals surface area contributed by atoms with Crippen molar-refractivity contribution in [2.24, 2.45) is 10.7 Å². The number of nitrogens with two attached hydrogens (primary N) is 1. The van der Waals surface area contributed by atoms with Crippen molar-refractivity contribution in [3.63, 3.8) is 0 Å². The van der Waals surface area contributed by atoms with Crippen molar-refractivity contribution in [2.75, 3.05) is 19.6 Å². The Balaban J connectivity index is 1.47. The molecule has 4 aromatic rings. The Kier molecular flexibility index (Phi) is 4.95. The number of benzene rings is 3. The van der Waals surface area contributed by atoms with Crippen LogP contribution in [0.2, 0.25) is 0 Å². The van der Waals surface area contributed by atoms with Crippen LogP contribution in [0.25, 0.3) is 32.9 Å². The summed E-state index contributed by atoms with van der Waals surface area (Å²) in [5.41, 5.74) is 9.35. The zero-order valence-corrected chi connectivity index (χ0v) is 17.0. The van der Waals surface area contributed by atoms with E-state index >= 15 is 0 Å². The Morgan fingerprint density at radius 3 is 2.68 bits per heavy atom. The van der Waals surface area contributed by atoms with E-state index in [1.165, 1.54) is 25.0 Å². The zero-order chi connectivity index (χ0) is 21.4. The molecule has 6 nitrogen and oxygen atoms in total. The topological polar surface area (TPSA) is 94.1 Å². The summed E-state index contributed by atoms with van der Waals surface area (Å²) in [6.07, 6.45) is 2.38. The van der Waals surface area contributed by atoms with E-state index < -0.39 is 0 Å². The predicted octanol–water partition coefficient (Wildman–Crippen LogP) is 4.30. The Hall–Kier alpha value is -3.58. The molecule has 0 unspecified atom stereocenters. The first-order valence-electron chi connectivity index (χ1n) is 10.4. The van der Waals surface area contributed by atoms with Crippen molar-refractivity contribution in [2.45, 2.75) is 12.8 Å². The number of aromatic nitrogens is 2. The molecule has 0 atom stereocenters. The summed E-state index contributed by atoms with van der Waals surface area (Å²) in [6, 6.07) is 16.2. The number of hydrogen-bond acceptors (Lipinski definition) is 3. The molecule has 0 radical (unpaired) electrons. The number of nitrogens with zero attached hydrogens (tertiary/aromatic N) is 3. The van der Waals surface area contributed by atoms with Gasteiger partial charge in [0.05, 0.1) is 17.8 Å². The second-order valence-electron chi connectivity index (χ2n) is 7.97. The van der Waals surface area contributed by atoms with Crippen molar-refractivity contribution in [3.05, 3.63) is 66.0 Å². The van der Waals surface area contributed by atoms with Crippen LogP contribution < -0.4 is 5.73 Å². The minimum absolute atomic E-state index is 0.139. The largest absolute Gasteiger partial charge is 0.386 e. The number of amidine groups is 2. The Bertz CT molecular complexity index is 1320. The summed E-state index contributed by atoms with van der Waals surface area (Å²) in [5.74, 6) is 0.346. The molecule has 0 aliphatic carbocycles. The van der Waals surface area contributed by atoms with Crippen LogP contribution in [0, 0.1) is 11.2 Å². The molecule has 1 aliphatic heterocycles. The molecule has 4 N–H and O–H groups in total. The minimum atomic E-state index is -0.252. The van der Waals surface area contributed by atoms with Crippen molar-refractivity contribution in [3.8, 4) is 11.3 Å². The summed E-state index contributed by atoms with van der Waals surface area (Å²) in [7, 11) is 0. The Morgan fingerprint density at radius 1 is 1.06 bits per heavy atom. The molecule has 3 aromatic carbocycles. The lowest BCUT2D eigenvalue weighted by Gasteiger charge is -2.13. The quantitative estimate of drug-likeness (QED) is 0.343. The molecule has 31 heavy (non-hydrogen) atoms. The van der Waals surface area contributed by atoms with E-state index in [-0.39, 0.29) is 11.7 Å². The van der Waals surface area contributed by atoms with Crippen molar-refractivity contribution in [1.29, 1.82) is 5.41 Å². The van der Waals surface area contributed by atoms with Gasteiger partial charge in [0, 0.05) is 16.5 Å². The summed E-state index contributed by atoms with van der Waals surface area (Å²) in [5, 5.41) is 18.6. The van der Waals surface area contributed by atoms with Gasteiger partial charge in [-0.3, -0.25) is 15.4 Å². The molecule has 2 heterocycles. The third kappa shape index (κ3) is 3.92. The highest BCUT2D eigenvalue weighted by Crippen LogP contribution is 2.30. The van der Waals surface area contributed by atoms with Crippen LogP contribution in [0.1, 0.15) is 18.4 Å². The molecule has 1 saturated heterocycles. The SMILES string of the molecule is N=C(N=C(N)CN1CCCC1)c1ccc2[nH]nc(-c3ccc4cc(F)ccc4c3)c2c1. The maximum atomic E-state index is 13.5. The highest BCUT2D eigenvalue weighted by atomic mass is 19.1.